The molecule has 1 aromatic rings. The maximum absolute atomic E-state index is 12.7. The van der Waals surface area contributed by atoms with Crippen molar-refractivity contribution >= 4 is 27.8 Å². The summed E-state index contributed by atoms with van der Waals surface area (Å²) in [6.45, 7) is 0. The zero-order chi connectivity index (χ0) is 15.7. The number of likely N-dealkylation sites (tertiary alicyclic amines) is 1. The number of benzene rings is 1. The molecule has 0 aromatic heterocycles. The molecule has 1 amide bonds. The second kappa shape index (κ2) is 6.41. The molecule has 1 heterocycles. The van der Waals surface area contributed by atoms with Gasteiger partial charge in [0.15, 0.2) is 0 Å². The molecular weight excluding hydrogens is 346 g/mol. The molecule has 0 spiro atoms. The van der Waals surface area contributed by atoms with E-state index < -0.39 is 12.0 Å². The Morgan fingerprint density at radius 2 is 2.05 bits per heavy atom. The Morgan fingerprint density at radius 1 is 1.27 bits per heavy atom. The Balaban J connectivity index is 1.80. The maximum Gasteiger partial charge on any atom is 0.326 e. The average molecular weight is 366 g/mol. The normalized spacial score (nSPS) is 27.5. The first kappa shape index (κ1) is 15.5. The number of amides is 1. The van der Waals surface area contributed by atoms with Crippen LogP contribution in [-0.2, 0) is 16.0 Å². The molecular formula is C17H20BrNO3. The summed E-state index contributed by atoms with van der Waals surface area (Å²) in [6.07, 6.45) is 5.12. The first-order valence-corrected chi connectivity index (χ1v) is 8.64. The highest BCUT2D eigenvalue weighted by atomic mass is 79.9. The lowest BCUT2D eigenvalue weighted by molar-refractivity contribution is -0.149. The number of aliphatic carboxylic acids is 1. The van der Waals surface area contributed by atoms with E-state index in [9.17, 15) is 14.7 Å². The van der Waals surface area contributed by atoms with Crippen LogP contribution in [0.3, 0.4) is 0 Å². The molecule has 1 aliphatic heterocycles. The van der Waals surface area contributed by atoms with E-state index in [4.69, 9.17) is 0 Å². The number of carboxylic acids is 1. The van der Waals surface area contributed by atoms with Gasteiger partial charge in [-0.3, -0.25) is 4.79 Å². The van der Waals surface area contributed by atoms with Crippen LogP contribution in [0.25, 0.3) is 0 Å². The average Bonchev–Trinajstić information content (AvgIpc) is 2.87. The molecule has 4 nitrogen and oxygen atoms in total. The summed E-state index contributed by atoms with van der Waals surface area (Å²) >= 11 is 3.41. The van der Waals surface area contributed by atoms with E-state index in [2.05, 4.69) is 15.9 Å². The Bertz CT molecular complexity index is 589. The number of halogens is 1. The first-order chi connectivity index (χ1) is 10.6. The van der Waals surface area contributed by atoms with Gasteiger partial charge < -0.3 is 10.0 Å². The van der Waals surface area contributed by atoms with Crippen molar-refractivity contribution in [3.63, 3.8) is 0 Å². The van der Waals surface area contributed by atoms with Crippen molar-refractivity contribution in [1.29, 1.82) is 0 Å². The molecule has 5 heteroatoms. The van der Waals surface area contributed by atoms with Crippen LogP contribution in [-0.4, -0.2) is 34.0 Å². The Morgan fingerprint density at radius 3 is 2.77 bits per heavy atom. The number of hydrogen-bond donors (Lipinski definition) is 1. The fraction of sp³-hybridized carbons (Fsp3) is 0.529. The summed E-state index contributed by atoms with van der Waals surface area (Å²) < 4.78 is 0.935. The van der Waals surface area contributed by atoms with Crippen molar-refractivity contribution in [3.8, 4) is 0 Å². The topological polar surface area (TPSA) is 57.6 Å². The van der Waals surface area contributed by atoms with Gasteiger partial charge in [0.2, 0.25) is 5.91 Å². The van der Waals surface area contributed by atoms with Gasteiger partial charge in [0, 0.05) is 10.5 Å². The van der Waals surface area contributed by atoms with E-state index in [0.29, 0.717) is 12.3 Å². The van der Waals surface area contributed by atoms with Gasteiger partial charge >= 0.3 is 5.97 Å². The van der Waals surface area contributed by atoms with E-state index in [0.717, 1.165) is 35.7 Å². The van der Waals surface area contributed by atoms with Gasteiger partial charge in [0.05, 0.1) is 6.42 Å². The summed E-state index contributed by atoms with van der Waals surface area (Å²) in [6, 6.07) is 7.12. The van der Waals surface area contributed by atoms with Crippen molar-refractivity contribution in [2.45, 2.75) is 50.6 Å². The molecule has 1 aliphatic carbocycles. The number of nitrogens with zero attached hydrogens (tertiary/aromatic N) is 1. The minimum absolute atomic E-state index is 0.0556. The number of rotatable bonds is 3. The molecule has 2 aliphatic rings. The molecule has 0 radical (unpaired) electrons. The van der Waals surface area contributed by atoms with E-state index in [1.807, 2.05) is 24.3 Å². The van der Waals surface area contributed by atoms with Crippen LogP contribution in [0.15, 0.2) is 28.7 Å². The molecule has 3 rings (SSSR count). The number of fused-ring (bicyclic) bond motifs is 1. The SMILES string of the molecule is O=C(O)C1CC2CCCCC2N1C(=O)Cc1cccc(Br)c1. The van der Waals surface area contributed by atoms with Gasteiger partial charge in [-0.1, -0.05) is 40.9 Å². The van der Waals surface area contributed by atoms with Crippen molar-refractivity contribution in [3.05, 3.63) is 34.3 Å². The zero-order valence-corrected chi connectivity index (χ0v) is 14.0. The highest BCUT2D eigenvalue weighted by Gasteiger charge is 2.47. The summed E-state index contributed by atoms with van der Waals surface area (Å²) in [5.41, 5.74) is 0.919. The molecule has 118 valence electrons. The van der Waals surface area contributed by atoms with E-state index >= 15 is 0 Å². The molecule has 3 unspecified atom stereocenters. The molecule has 2 fully saturated rings. The summed E-state index contributed by atoms with van der Waals surface area (Å²) in [4.78, 5) is 26.0. The lowest BCUT2D eigenvalue weighted by Crippen LogP contribution is -2.46. The summed E-state index contributed by atoms with van der Waals surface area (Å²) in [5.74, 6) is -0.557. The van der Waals surface area contributed by atoms with Crippen molar-refractivity contribution < 1.29 is 14.7 Å². The molecule has 0 bridgehead atoms. The molecule has 1 saturated carbocycles. The predicted molar refractivity (Wildman–Crippen MR) is 86.5 cm³/mol. The summed E-state index contributed by atoms with van der Waals surface area (Å²) in [5, 5.41) is 9.49. The molecule has 1 N–H and O–H groups in total. The minimum atomic E-state index is -0.864. The van der Waals surface area contributed by atoms with Gasteiger partial charge in [-0.15, -0.1) is 0 Å². The number of carbonyl (C=O) groups is 2. The van der Waals surface area contributed by atoms with Crippen LogP contribution in [0.2, 0.25) is 0 Å². The van der Waals surface area contributed by atoms with Crippen LogP contribution in [0.4, 0.5) is 0 Å². The van der Waals surface area contributed by atoms with Gasteiger partial charge in [0.1, 0.15) is 6.04 Å². The van der Waals surface area contributed by atoms with Crippen LogP contribution >= 0.6 is 15.9 Å². The van der Waals surface area contributed by atoms with Gasteiger partial charge in [-0.05, 0) is 42.9 Å². The number of hydrogen-bond acceptors (Lipinski definition) is 2. The van der Waals surface area contributed by atoms with E-state index in [1.54, 1.807) is 4.90 Å². The number of carbonyl (C=O) groups excluding carboxylic acids is 1. The molecule has 1 saturated heterocycles. The van der Waals surface area contributed by atoms with Crippen molar-refractivity contribution in [2.75, 3.05) is 0 Å². The lowest BCUT2D eigenvalue weighted by atomic mass is 9.84. The standard InChI is InChI=1S/C17H20BrNO3/c18-13-6-3-4-11(8-13)9-16(20)19-14-7-2-1-5-12(14)10-15(19)17(21)22/h3-4,6,8,12,14-15H,1-2,5,7,9-10H2,(H,21,22). The first-order valence-electron chi connectivity index (χ1n) is 7.84. The fourth-order valence-corrected chi connectivity index (χ4v) is 4.40. The lowest BCUT2D eigenvalue weighted by Gasteiger charge is -2.33. The minimum Gasteiger partial charge on any atom is -0.480 e. The molecule has 22 heavy (non-hydrogen) atoms. The van der Waals surface area contributed by atoms with Crippen LogP contribution in [0.5, 0.6) is 0 Å². The maximum atomic E-state index is 12.7. The van der Waals surface area contributed by atoms with Crippen LogP contribution in [0, 0.1) is 5.92 Å². The summed E-state index contributed by atoms with van der Waals surface area (Å²) in [7, 11) is 0. The fourth-order valence-electron chi connectivity index (χ4n) is 3.95. The predicted octanol–water partition coefficient (Wildman–Crippen LogP) is 3.24. The second-order valence-electron chi connectivity index (χ2n) is 6.31. The quantitative estimate of drug-likeness (QED) is 0.894. The smallest absolute Gasteiger partial charge is 0.326 e. The van der Waals surface area contributed by atoms with E-state index in [-0.39, 0.29) is 18.4 Å². The third-order valence-electron chi connectivity index (χ3n) is 4.91. The van der Waals surface area contributed by atoms with Crippen molar-refractivity contribution in [1.82, 2.24) is 4.90 Å². The second-order valence-corrected chi connectivity index (χ2v) is 7.23. The Labute approximate surface area is 138 Å². The van der Waals surface area contributed by atoms with Gasteiger partial charge in [-0.25, -0.2) is 4.79 Å². The highest BCUT2D eigenvalue weighted by Crippen LogP contribution is 2.40. The third kappa shape index (κ3) is 3.05. The van der Waals surface area contributed by atoms with Crippen LogP contribution in [0.1, 0.15) is 37.7 Å². The van der Waals surface area contributed by atoms with Gasteiger partial charge in [-0.2, -0.15) is 0 Å². The Kier molecular flexibility index (Phi) is 4.52. The largest absolute Gasteiger partial charge is 0.480 e. The van der Waals surface area contributed by atoms with Crippen molar-refractivity contribution in [2.24, 2.45) is 5.92 Å². The highest BCUT2D eigenvalue weighted by molar-refractivity contribution is 9.10. The number of carboxylic acid groups (broad SMARTS) is 1. The third-order valence-corrected chi connectivity index (χ3v) is 5.40. The molecule has 1 aromatic carbocycles. The Hall–Kier alpha value is -1.36. The monoisotopic (exact) mass is 365 g/mol. The van der Waals surface area contributed by atoms with E-state index in [1.165, 1.54) is 0 Å². The van der Waals surface area contributed by atoms with Crippen LogP contribution < -0.4 is 0 Å². The zero-order valence-electron chi connectivity index (χ0n) is 12.4. The molecule has 3 atom stereocenters. The van der Waals surface area contributed by atoms with Gasteiger partial charge in [0.25, 0.3) is 0 Å².